The fourth-order valence-electron chi connectivity index (χ4n) is 3.71. The molecule has 4 heterocycles. The van der Waals surface area contributed by atoms with E-state index in [1.807, 2.05) is 41.8 Å². The maximum Gasteiger partial charge on any atom is 0.276 e. The van der Waals surface area contributed by atoms with Crippen LogP contribution < -0.4 is 21.6 Å². The summed E-state index contributed by atoms with van der Waals surface area (Å²) in [5.41, 5.74) is 14.2. The number of hydrogen-bond donors (Lipinski definition) is 2. The van der Waals surface area contributed by atoms with Gasteiger partial charge in [0.15, 0.2) is 5.56 Å². The van der Waals surface area contributed by atoms with Crippen LogP contribution in [0, 0.1) is 6.92 Å². The smallest absolute Gasteiger partial charge is 0.276 e. The van der Waals surface area contributed by atoms with E-state index in [1.165, 1.54) is 11.3 Å². The molecule has 1 aromatic carbocycles. The Bertz CT molecular complexity index is 1510. The molecule has 0 bridgehead atoms. The molecule has 0 fully saturated rings. The lowest BCUT2D eigenvalue weighted by molar-refractivity contribution is -0.685. The van der Waals surface area contributed by atoms with E-state index < -0.39 is 0 Å². The number of anilines is 2. The highest BCUT2D eigenvalue weighted by atomic mass is 32.1. The largest absolute Gasteiger partial charge is 0.421 e. The van der Waals surface area contributed by atoms with E-state index >= 15 is 0 Å². The normalized spacial score (nSPS) is 11.3. The minimum Gasteiger partial charge on any atom is -0.421 e. The van der Waals surface area contributed by atoms with Gasteiger partial charge >= 0.3 is 0 Å². The molecule has 11 heteroatoms. The molecule has 0 saturated heterocycles. The van der Waals surface area contributed by atoms with Crippen LogP contribution in [-0.2, 0) is 13.0 Å². The molecule has 0 aliphatic rings. The van der Waals surface area contributed by atoms with Crippen molar-refractivity contribution in [3.8, 4) is 17.1 Å². The number of fused-ring (bicyclic) bond motifs is 1. The molecule has 0 saturated carbocycles. The average molecular weight is 462 g/mol. The van der Waals surface area contributed by atoms with E-state index in [4.69, 9.17) is 20.9 Å². The fourth-order valence-corrected chi connectivity index (χ4v) is 4.46. The average Bonchev–Trinajstić information content (AvgIpc) is 3.45. The van der Waals surface area contributed by atoms with Crippen molar-refractivity contribution in [3.05, 3.63) is 70.2 Å². The van der Waals surface area contributed by atoms with Crippen molar-refractivity contribution in [2.75, 3.05) is 11.5 Å². The second kappa shape index (κ2) is 8.43. The Morgan fingerprint density at radius 1 is 1.15 bits per heavy atom. The molecule has 0 aliphatic heterocycles. The van der Waals surface area contributed by atoms with Crippen molar-refractivity contribution in [1.29, 1.82) is 0 Å². The van der Waals surface area contributed by atoms with E-state index in [-0.39, 0.29) is 17.3 Å². The molecule has 33 heavy (non-hydrogen) atoms. The second-order valence-electron chi connectivity index (χ2n) is 7.45. The van der Waals surface area contributed by atoms with Crippen molar-refractivity contribution < 1.29 is 8.98 Å². The van der Waals surface area contributed by atoms with E-state index in [2.05, 4.69) is 15.2 Å². The van der Waals surface area contributed by atoms with Crippen LogP contribution in [0.25, 0.3) is 27.4 Å². The van der Waals surface area contributed by atoms with Crippen LogP contribution in [0.4, 0.5) is 11.6 Å². The minimum atomic E-state index is -0.0634. The number of para-hydroxylation sites is 1. The molecule has 4 aromatic heterocycles. The van der Waals surface area contributed by atoms with Gasteiger partial charge in [-0.3, -0.25) is 9.36 Å². The summed E-state index contributed by atoms with van der Waals surface area (Å²) in [6.07, 6.45) is 2.80. The lowest BCUT2D eigenvalue weighted by Gasteiger charge is -2.13. The van der Waals surface area contributed by atoms with Crippen molar-refractivity contribution in [1.82, 2.24) is 24.7 Å². The molecule has 5 rings (SSSR count). The Kier molecular flexibility index (Phi) is 5.31. The molecular weight excluding hydrogens is 440 g/mol. The summed E-state index contributed by atoms with van der Waals surface area (Å²) in [5.74, 6) is 1.93. The summed E-state index contributed by atoms with van der Waals surface area (Å²) >= 11 is 1.40. The van der Waals surface area contributed by atoms with Gasteiger partial charge in [0.1, 0.15) is 10.5 Å². The highest BCUT2D eigenvalue weighted by molar-refractivity contribution is 7.17. The van der Waals surface area contributed by atoms with Crippen LogP contribution in [0.2, 0.25) is 0 Å². The number of benzene rings is 1. The number of rotatable bonds is 6. The molecule has 0 aliphatic carbocycles. The van der Waals surface area contributed by atoms with Gasteiger partial charge in [-0.2, -0.15) is 0 Å². The lowest BCUT2D eigenvalue weighted by atomic mass is 10.2. The maximum atomic E-state index is 13.2. The first-order chi connectivity index (χ1) is 16.0. The molecule has 0 unspecified atom stereocenters. The third-order valence-electron chi connectivity index (χ3n) is 5.26. The van der Waals surface area contributed by atoms with Crippen LogP contribution in [0.1, 0.15) is 18.1 Å². The summed E-state index contributed by atoms with van der Waals surface area (Å²) in [4.78, 5) is 22.2. The quantitative estimate of drug-likeness (QED) is 0.367. The molecular formula is C22H21N8O2S+. The van der Waals surface area contributed by atoms with Crippen LogP contribution in [0.5, 0.6) is 0 Å². The van der Waals surface area contributed by atoms with Gasteiger partial charge in [0, 0.05) is 13.3 Å². The monoisotopic (exact) mass is 461 g/mol. The van der Waals surface area contributed by atoms with E-state index in [0.717, 1.165) is 5.69 Å². The van der Waals surface area contributed by atoms with E-state index in [9.17, 15) is 4.79 Å². The number of nitrogens with two attached hydrogens (primary N) is 2. The highest BCUT2D eigenvalue weighted by Gasteiger charge is 2.23. The third kappa shape index (κ3) is 3.82. The number of nitrogens with zero attached hydrogens (tertiary/aromatic N) is 6. The predicted octanol–water partition coefficient (Wildman–Crippen LogP) is 2.29. The summed E-state index contributed by atoms with van der Waals surface area (Å²) in [7, 11) is 0. The summed E-state index contributed by atoms with van der Waals surface area (Å²) in [6.45, 7) is 2.22. The summed E-state index contributed by atoms with van der Waals surface area (Å²) in [5, 5.41) is 9.73. The Morgan fingerprint density at radius 2 is 1.97 bits per heavy atom. The summed E-state index contributed by atoms with van der Waals surface area (Å²) in [6, 6.07) is 11.4. The van der Waals surface area contributed by atoms with E-state index in [0.29, 0.717) is 52.7 Å². The van der Waals surface area contributed by atoms with Crippen molar-refractivity contribution in [3.63, 3.8) is 0 Å². The second-order valence-corrected chi connectivity index (χ2v) is 8.37. The maximum absolute atomic E-state index is 13.2. The van der Waals surface area contributed by atoms with Crippen LogP contribution in [0.15, 0.2) is 57.3 Å². The molecule has 0 amide bonds. The number of aryl methyl sites for hydroxylation is 3. The van der Waals surface area contributed by atoms with Gasteiger partial charge in [-0.05, 0) is 30.0 Å². The van der Waals surface area contributed by atoms with Crippen molar-refractivity contribution >= 4 is 33.2 Å². The number of aromatic nitrogens is 6. The van der Waals surface area contributed by atoms with Crippen LogP contribution in [-0.4, -0.2) is 24.7 Å². The predicted molar refractivity (Wildman–Crippen MR) is 125 cm³/mol. The zero-order valence-electron chi connectivity index (χ0n) is 17.8. The number of hydrogen-bond acceptors (Lipinski definition) is 9. The van der Waals surface area contributed by atoms with Gasteiger partial charge in [-0.15, -0.1) is 21.5 Å². The zero-order valence-corrected chi connectivity index (χ0v) is 18.6. The first-order valence-electron chi connectivity index (χ1n) is 10.3. The Balaban J connectivity index is 1.45. The summed E-state index contributed by atoms with van der Waals surface area (Å²) < 4.78 is 9.59. The molecule has 0 radical (unpaired) electrons. The Hall–Kier alpha value is -4.12. The topological polar surface area (TPSA) is 143 Å². The minimum absolute atomic E-state index is 0.0634. The number of nitrogen functional groups attached to an aromatic ring is 2. The molecule has 0 atom stereocenters. The standard InChI is InChI=1S/C22H20N8O2S/c1-13-27-28-21(32-13)17-19(23)25-12-29(20(17)24)10-5-8-16-26-15-9-11-33-18(15)22(31)30(16)14-6-3-2-4-7-14/h2-4,6-7,9,11-12H,5,8,10H2,1H3,(H3,23,24,28)/p+1. The highest BCUT2D eigenvalue weighted by Crippen LogP contribution is 2.26. The van der Waals surface area contributed by atoms with Gasteiger partial charge in [0.25, 0.3) is 11.4 Å². The molecule has 5 aromatic rings. The lowest BCUT2D eigenvalue weighted by Crippen LogP contribution is -2.39. The Morgan fingerprint density at radius 3 is 2.73 bits per heavy atom. The van der Waals surface area contributed by atoms with Gasteiger partial charge < -0.3 is 15.9 Å². The van der Waals surface area contributed by atoms with E-state index in [1.54, 1.807) is 22.4 Å². The molecule has 10 nitrogen and oxygen atoms in total. The van der Waals surface area contributed by atoms with Crippen LogP contribution >= 0.6 is 11.3 Å². The molecule has 0 spiro atoms. The van der Waals surface area contributed by atoms with Crippen molar-refractivity contribution in [2.45, 2.75) is 26.3 Å². The first-order valence-corrected chi connectivity index (χ1v) is 11.2. The van der Waals surface area contributed by atoms with Crippen LogP contribution in [0.3, 0.4) is 0 Å². The van der Waals surface area contributed by atoms with Gasteiger partial charge in [0.05, 0.1) is 17.7 Å². The van der Waals surface area contributed by atoms with Crippen molar-refractivity contribution in [2.24, 2.45) is 0 Å². The van der Waals surface area contributed by atoms with Gasteiger partial charge in [-0.1, -0.05) is 23.2 Å². The third-order valence-corrected chi connectivity index (χ3v) is 6.15. The van der Waals surface area contributed by atoms with Gasteiger partial charge in [0.2, 0.25) is 23.9 Å². The molecule has 4 N–H and O–H groups in total. The number of thiophene rings is 1. The fraction of sp³-hybridized carbons (Fsp3) is 0.182. The zero-order chi connectivity index (χ0) is 22.9. The molecule has 166 valence electrons. The Labute approximate surface area is 192 Å². The SMILES string of the molecule is Cc1nnc(-c2c(N)nc[n+](CCCc3nc4ccsc4c(=O)n3-c3ccccc3)c2N)o1. The van der Waals surface area contributed by atoms with Gasteiger partial charge in [-0.25, -0.2) is 9.55 Å². The first kappa shape index (κ1) is 20.8.